The number of carbonyl (C=O) groups is 1. The van der Waals surface area contributed by atoms with Crippen molar-refractivity contribution in [3.8, 4) is 0 Å². The Morgan fingerprint density at radius 3 is 2.42 bits per heavy atom. The summed E-state index contributed by atoms with van der Waals surface area (Å²) in [5.74, 6) is -0.252. The maximum absolute atomic E-state index is 12.9. The molecule has 1 aliphatic rings. The van der Waals surface area contributed by atoms with Gasteiger partial charge in [-0.25, -0.2) is 4.39 Å². The highest BCUT2D eigenvalue weighted by molar-refractivity contribution is 5.87. The van der Waals surface area contributed by atoms with E-state index in [4.69, 9.17) is 5.73 Å². The van der Waals surface area contributed by atoms with E-state index >= 15 is 0 Å². The molecule has 1 aromatic rings. The number of carbonyl (C=O) groups excluding carboxylic acids is 1. The van der Waals surface area contributed by atoms with Crippen LogP contribution >= 0.6 is 0 Å². The van der Waals surface area contributed by atoms with Crippen LogP contribution in [0, 0.1) is 5.82 Å². The van der Waals surface area contributed by atoms with Gasteiger partial charge in [0.15, 0.2) is 0 Å². The van der Waals surface area contributed by atoms with Gasteiger partial charge in [0.2, 0.25) is 5.91 Å². The molecule has 1 aliphatic carbocycles. The molecule has 19 heavy (non-hydrogen) atoms. The molecule has 2 N–H and O–H groups in total. The molecule has 4 heteroatoms. The molecule has 1 saturated carbocycles. The first-order valence-corrected chi connectivity index (χ1v) is 6.83. The number of rotatable bonds is 4. The second kappa shape index (κ2) is 5.29. The Morgan fingerprint density at radius 1 is 1.42 bits per heavy atom. The van der Waals surface area contributed by atoms with Gasteiger partial charge in [0.1, 0.15) is 5.82 Å². The van der Waals surface area contributed by atoms with Crippen molar-refractivity contribution < 1.29 is 9.18 Å². The number of benzene rings is 1. The van der Waals surface area contributed by atoms with Crippen LogP contribution in [0.15, 0.2) is 24.3 Å². The molecule has 1 fully saturated rings. The second-order valence-electron chi connectivity index (χ2n) is 5.33. The van der Waals surface area contributed by atoms with Crippen LogP contribution in [0.5, 0.6) is 0 Å². The molecule has 1 atom stereocenters. The molecule has 104 valence electrons. The van der Waals surface area contributed by atoms with Gasteiger partial charge in [0.05, 0.1) is 11.6 Å². The molecule has 0 saturated heterocycles. The van der Waals surface area contributed by atoms with Crippen molar-refractivity contribution in [1.29, 1.82) is 0 Å². The summed E-state index contributed by atoms with van der Waals surface area (Å²) in [6, 6.07) is 6.20. The second-order valence-corrected chi connectivity index (χ2v) is 5.33. The monoisotopic (exact) mass is 264 g/mol. The van der Waals surface area contributed by atoms with Crippen molar-refractivity contribution in [3.63, 3.8) is 0 Å². The Morgan fingerprint density at radius 2 is 2.00 bits per heavy atom. The molecule has 1 amide bonds. The summed E-state index contributed by atoms with van der Waals surface area (Å²) >= 11 is 0. The average Bonchev–Trinajstić information content (AvgIpc) is 2.37. The van der Waals surface area contributed by atoms with E-state index in [1.165, 1.54) is 12.1 Å². The molecular weight excluding hydrogens is 243 g/mol. The molecule has 0 heterocycles. The summed E-state index contributed by atoms with van der Waals surface area (Å²) in [5, 5.41) is 0. The van der Waals surface area contributed by atoms with Crippen LogP contribution in [-0.4, -0.2) is 22.9 Å². The van der Waals surface area contributed by atoms with Crippen LogP contribution in [0.25, 0.3) is 0 Å². The number of hydrogen-bond acceptors (Lipinski definition) is 2. The maximum atomic E-state index is 12.9. The summed E-state index contributed by atoms with van der Waals surface area (Å²) in [4.78, 5) is 14.3. The lowest BCUT2D eigenvalue weighted by molar-refractivity contribution is -0.142. The van der Waals surface area contributed by atoms with Gasteiger partial charge in [-0.2, -0.15) is 0 Å². The normalized spacial score (nSPS) is 18.5. The lowest BCUT2D eigenvalue weighted by Crippen LogP contribution is -2.59. The molecule has 0 aromatic heterocycles. The van der Waals surface area contributed by atoms with Crippen molar-refractivity contribution in [2.75, 3.05) is 6.54 Å². The molecule has 0 bridgehead atoms. The minimum atomic E-state index is -0.676. The van der Waals surface area contributed by atoms with E-state index in [2.05, 4.69) is 0 Å². The van der Waals surface area contributed by atoms with Crippen LogP contribution in [0.3, 0.4) is 0 Å². The fraction of sp³-hybridized carbons (Fsp3) is 0.533. The summed E-state index contributed by atoms with van der Waals surface area (Å²) in [6.45, 7) is 4.51. The predicted molar refractivity (Wildman–Crippen MR) is 73.0 cm³/mol. The van der Waals surface area contributed by atoms with E-state index in [1.54, 1.807) is 17.0 Å². The minimum Gasteiger partial charge on any atom is -0.335 e. The van der Waals surface area contributed by atoms with E-state index in [9.17, 15) is 9.18 Å². The number of hydrogen-bond donors (Lipinski definition) is 1. The van der Waals surface area contributed by atoms with Gasteiger partial charge in [0.25, 0.3) is 0 Å². The van der Waals surface area contributed by atoms with Gasteiger partial charge in [-0.05, 0) is 50.8 Å². The van der Waals surface area contributed by atoms with Gasteiger partial charge in [0, 0.05) is 6.54 Å². The number of nitrogens with two attached hydrogens (primary N) is 1. The highest BCUT2D eigenvalue weighted by Gasteiger charge is 2.43. The standard InChI is InChI=1S/C15H21FN2O/c1-3-18(14(19)15(17)9-4-10-15)11(2)12-5-7-13(16)8-6-12/h5-8,11H,3-4,9-10,17H2,1-2H3. The molecule has 3 nitrogen and oxygen atoms in total. The summed E-state index contributed by atoms with van der Waals surface area (Å²) in [5.41, 5.74) is 6.37. The third-order valence-electron chi connectivity index (χ3n) is 4.09. The molecule has 0 radical (unpaired) electrons. The topological polar surface area (TPSA) is 46.3 Å². The molecule has 1 aromatic carbocycles. The van der Waals surface area contributed by atoms with Crippen molar-refractivity contribution in [1.82, 2.24) is 4.90 Å². The van der Waals surface area contributed by atoms with Crippen LogP contribution in [-0.2, 0) is 4.79 Å². The molecule has 2 rings (SSSR count). The van der Waals surface area contributed by atoms with Crippen molar-refractivity contribution >= 4 is 5.91 Å². The zero-order valence-electron chi connectivity index (χ0n) is 11.5. The van der Waals surface area contributed by atoms with Gasteiger partial charge in [-0.3, -0.25) is 4.79 Å². The van der Waals surface area contributed by atoms with Crippen LogP contribution < -0.4 is 5.73 Å². The van der Waals surface area contributed by atoms with E-state index in [0.717, 1.165) is 24.8 Å². The first-order chi connectivity index (χ1) is 8.98. The smallest absolute Gasteiger partial charge is 0.243 e. The Kier molecular flexibility index (Phi) is 3.90. The van der Waals surface area contributed by atoms with Gasteiger partial charge in [-0.1, -0.05) is 12.1 Å². The first-order valence-electron chi connectivity index (χ1n) is 6.83. The zero-order chi connectivity index (χ0) is 14.0. The summed E-state index contributed by atoms with van der Waals surface area (Å²) in [6.07, 6.45) is 2.54. The largest absolute Gasteiger partial charge is 0.335 e. The van der Waals surface area contributed by atoms with Crippen LogP contribution in [0.2, 0.25) is 0 Å². The van der Waals surface area contributed by atoms with Crippen molar-refractivity contribution in [2.45, 2.75) is 44.7 Å². The Balaban J connectivity index is 2.17. The number of amides is 1. The van der Waals surface area contributed by atoms with E-state index in [1.807, 2.05) is 13.8 Å². The third-order valence-corrected chi connectivity index (χ3v) is 4.09. The lowest BCUT2D eigenvalue weighted by Gasteiger charge is -2.42. The van der Waals surface area contributed by atoms with Crippen molar-refractivity contribution in [3.05, 3.63) is 35.6 Å². The number of nitrogens with zero attached hydrogens (tertiary/aromatic N) is 1. The fourth-order valence-electron chi connectivity index (χ4n) is 2.57. The lowest BCUT2D eigenvalue weighted by atomic mass is 9.76. The van der Waals surface area contributed by atoms with Crippen LogP contribution in [0.1, 0.15) is 44.7 Å². The Labute approximate surface area is 113 Å². The number of halogens is 1. The Bertz CT molecular complexity index is 454. The highest BCUT2D eigenvalue weighted by Crippen LogP contribution is 2.33. The SMILES string of the molecule is CCN(C(=O)C1(N)CCC1)C(C)c1ccc(F)cc1. The summed E-state index contributed by atoms with van der Waals surface area (Å²) in [7, 11) is 0. The van der Waals surface area contributed by atoms with Gasteiger partial charge < -0.3 is 10.6 Å². The van der Waals surface area contributed by atoms with Gasteiger partial charge in [-0.15, -0.1) is 0 Å². The van der Waals surface area contributed by atoms with E-state index < -0.39 is 5.54 Å². The van der Waals surface area contributed by atoms with E-state index in [-0.39, 0.29) is 17.8 Å². The van der Waals surface area contributed by atoms with E-state index in [0.29, 0.717) is 6.54 Å². The molecule has 0 spiro atoms. The maximum Gasteiger partial charge on any atom is 0.243 e. The predicted octanol–water partition coefficient (Wildman–Crippen LogP) is 2.62. The first kappa shape index (κ1) is 14.0. The fourth-order valence-corrected chi connectivity index (χ4v) is 2.57. The third kappa shape index (κ3) is 2.63. The number of likely N-dealkylation sites (N-methyl/N-ethyl adjacent to an activating group) is 1. The zero-order valence-corrected chi connectivity index (χ0v) is 11.5. The molecule has 0 aliphatic heterocycles. The van der Waals surface area contributed by atoms with Gasteiger partial charge >= 0.3 is 0 Å². The van der Waals surface area contributed by atoms with Crippen LogP contribution in [0.4, 0.5) is 4.39 Å². The summed E-state index contributed by atoms with van der Waals surface area (Å²) < 4.78 is 12.9. The van der Waals surface area contributed by atoms with Crippen molar-refractivity contribution in [2.24, 2.45) is 5.73 Å². The average molecular weight is 264 g/mol. The molecule has 1 unspecified atom stereocenters. The highest BCUT2D eigenvalue weighted by atomic mass is 19.1. The molecular formula is C15H21FN2O. The Hall–Kier alpha value is -1.42. The quantitative estimate of drug-likeness (QED) is 0.908. The minimum absolute atomic E-state index is 0.0121.